The van der Waals surface area contributed by atoms with E-state index in [4.69, 9.17) is 0 Å². The van der Waals surface area contributed by atoms with Crippen LogP contribution in [-0.4, -0.2) is 39.5 Å². The summed E-state index contributed by atoms with van der Waals surface area (Å²) < 4.78 is 13.8. The van der Waals surface area contributed by atoms with E-state index in [2.05, 4.69) is 0 Å². The first-order chi connectivity index (χ1) is 9.30. The number of nitrogens with zero attached hydrogens (tertiary/aromatic N) is 2. The number of amides is 1. The molecule has 1 aliphatic rings. The summed E-state index contributed by atoms with van der Waals surface area (Å²) in [7, 11) is 0. The Morgan fingerprint density at radius 2 is 2.05 bits per heavy atom. The minimum absolute atomic E-state index is 0.183. The Morgan fingerprint density at radius 3 is 2.55 bits per heavy atom. The lowest BCUT2D eigenvalue weighted by atomic mass is 9.93. The Balaban J connectivity index is 2.16. The van der Waals surface area contributed by atoms with E-state index in [0.29, 0.717) is 25.9 Å². The molecule has 0 aromatic heterocycles. The molecule has 0 atom stereocenters. The van der Waals surface area contributed by atoms with Crippen LogP contribution in [0.25, 0.3) is 0 Å². The van der Waals surface area contributed by atoms with Gasteiger partial charge in [0.15, 0.2) is 0 Å². The first-order valence-corrected chi connectivity index (χ1v) is 6.26. The zero-order valence-electron chi connectivity index (χ0n) is 11.0. The number of rotatable bonds is 2. The molecule has 1 amide bonds. The van der Waals surface area contributed by atoms with Crippen molar-refractivity contribution in [3.8, 4) is 0 Å². The van der Waals surface area contributed by atoms with Crippen LogP contribution in [0.15, 0.2) is 18.2 Å². The number of benzene rings is 1. The first kappa shape index (κ1) is 14.4. The highest BCUT2D eigenvalue weighted by atomic mass is 19.1. The second kappa shape index (κ2) is 5.16. The lowest BCUT2D eigenvalue weighted by Gasteiger charge is -2.35. The third-order valence-electron chi connectivity index (χ3n) is 3.52. The Bertz CT molecular complexity index is 549. The number of carbonyl (C=O) groups excluding carboxylic acids is 1. The summed E-state index contributed by atoms with van der Waals surface area (Å²) in [5, 5.41) is 20.3. The molecule has 0 aliphatic carbocycles. The van der Waals surface area contributed by atoms with E-state index < -0.39 is 22.2 Å². The molecule has 6 nitrogen and oxygen atoms in total. The number of likely N-dealkylation sites (tertiary alicyclic amines) is 1. The fourth-order valence-corrected chi connectivity index (χ4v) is 2.15. The maximum absolute atomic E-state index is 13.8. The zero-order valence-corrected chi connectivity index (χ0v) is 11.0. The second-order valence-electron chi connectivity index (χ2n) is 5.21. The number of piperidine rings is 1. The van der Waals surface area contributed by atoms with Gasteiger partial charge in [0, 0.05) is 19.2 Å². The Kier molecular flexibility index (Phi) is 3.71. The van der Waals surface area contributed by atoms with Crippen molar-refractivity contribution in [2.75, 3.05) is 13.1 Å². The molecule has 1 aromatic rings. The summed E-state index contributed by atoms with van der Waals surface area (Å²) in [6.07, 6.45) is 0.848. The number of carbonyl (C=O) groups is 1. The van der Waals surface area contributed by atoms with Crippen LogP contribution in [-0.2, 0) is 0 Å². The summed E-state index contributed by atoms with van der Waals surface area (Å²) in [6.45, 7) is 2.37. The van der Waals surface area contributed by atoms with Crippen molar-refractivity contribution in [3.63, 3.8) is 0 Å². The quantitative estimate of drug-likeness (QED) is 0.661. The van der Waals surface area contributed by atoms with Crippen LogP contribution in [0.5, 0.6) is 0 Å². The second-order valence-corrected chi connectivity index (χ2v) is 5.21. The molecule has 0 radical (unpaired) electrons. The largest absolute Gasteiger partial charge is 0.390 e. The summed E-state index contributed by atoms with van der Waals surface area (Å²) >= 11 is 0. The number of non-ortho nitro benzene ring substituents is 1. The molecule has 2 rings (SSSR count). The molecular weight excluding hydrogens is 267 g/mol. The van der Waals surface area contributed by atoms with Gasteiger partial charge in [-0.25, -0.2) is 4.39 Å². The smallest absolute Gasteiger partial charge is 0.272 e. The molecule has 20 heavy (non-hydrogen) atoms. The van der Waals surface area contributed by atoms with Gasteiger partial charge >= 0.3 is 0 Å². The zero-order chi connectivity index (χ0) is 14.9. The van der Waals surface area contributed by atoms with Crippen molar-refractivity contribution in [3.05, 3.63) is 39.7 Å². The van der Waals surface area contributed by atoms with E-state index in [-0.39, 0.29) is 11.3 Å². The molecule has 1 aliphatic heterocycles. The Hall–Kier alpha value is -2.02. The maximum Gasteiger partial charge on any atom is 0.272 e. The minimum atomic E-state index is -0.901. The highest BCUT2D eigenvalue weighted by molar-refractivity contribution is 5.94. The van der Waals surface area contributed by atoms with Gasteiger partial charge in [-0.15, -0.1) is 0 Å². The number of halogens is 1. The van der Waals surface area contributed by atoms with Crippen molar-refractivity contribution < 1.29 is 19.2 Å². The Labute approximate surface area is 115 Å². The van der Waals surface area contributed by atoms with Gasteiger partial charge in [-0.3, -0.25) is 14.9 Å². The van der Waals surface area contributed by atoms with Crippen LogP contribution < -0.4 is 0 Å². The van der Waals surface area contributed by atoms with Gasteiger partial charge in [0.2, 0.25) is 0 Å². The van der Waals surface area contributed by atoms with E-state index >= 15 is 0 Å². The van der Waals surface area contributed by atoms with Crippen molar-refractivity contribution in [1.29, 1.82) is 0 Å². The van der Waals surface area contributed by atoms with Crippen LogP contribution in [0, 0.1) is 15.9 Å². The normalized spacial score (nSPS) is 17.9. The van der Waals surface area contributed by atoms with Crippen LogP contribution in [0.1, 0.15) is 30.1 Å². The number of nitro benzene ring substituents is 1. The number of hydrogen-bond donors (Lipinski definition) is 1. The molecular formula is C13H15FN2O4. The molecule has 7 heteroatoms. The minimum Gasteiger partial charge on any atom is -0.390 e. The van der Waals surface area contributed by atoms with E-state index in [0.717, 1.165) is 18.2 Å². The molecule has 1 N–H and O–H groups in total. The van der Waals surface area contributed by atoms with E-state index in [1.807, 2.05) is 0 Å². The van der Waals surface area contributed by atoms with E-state index in [9.17, 15) is 24.4 Å². The third kappa shape index (κ3) is 2.93. The van der Waals surface area contributed by atoms with Gasteiger partial charge in [-0.05, 0) is 25.8 Å². The molecule has 1 heterocycles. The van der Waals surface area contributed by atoms with Gasteiger partial charge in [0.05, 0.1) is 22.2 Å². The van der Waals surface area contributed by atoms with E-state index in [1.165, 1.54) is 4.90 Å². The first-order valence-electron chi connectivity index (χ1n) is 6.26. The maximum atomic E-state index is 13.8. The number of nitro groups is 1. The molecule has 1 fully saturated rings. The van der Waals surface area contributed by atoms with Crippen LogP contribution in [0.4, 0.5) is 10.1 Å². The number of hydrogen-bond acceptors (Lipinski definition) is 4. The van der Waals surface area contributed by atoms with Gasteiger partial charge in [-0.2, -0.15) is 0 Å². The molecule has 108 valence electrons. The summed E-state index contributed by atoms with van der Waals surface area (Å²) in [5.74, 6) is -1.41. The van der Waals surface area contributed by atoms with Gasteiger partial charge in [-0.1, -0.05) is 0 Å². The molecule has 0 spiro atoms. The molecule has 1 saturated heterocycles. The van der Waals surface area contributed by atoms with Crippen LogP contribution >= 0.6 is 0 Å². The standard InChI is InChI=1S/C13H15FN2O4/c1-13(18)4-6-15(7-5-13)12(17)10-3-2-9(16(19)20)8-11(10)14/h2-3,8,18H,4-7H2,1H3. The fourth-order valence-electron chi connectivity index (χ4n) is 2.15. The van der Waals surface area contributed by atoms with Crippen LogP contribution in [0.2, 0.25) is 0 Å². The average Bonchev–Trinajstić information content (AvgIpc) is 2.37. The SMILES string of the molecule is CC1(O)CCN(C(=O)c2ccc([N+](=O)[O-])cc2F)CC1. The lowest BCUT2D eigenvalue weighted by molar-refractivity contribution is -0.385. The fraction of sp³-hybridized carbons (Fsp3) is 0.462. The molecule has 0 unspecified atom stereocenters. The highest BCUT2D eigenvalue weighted by Crippen LogP contribution is 2.24. The molecule has 1 aromatic carbocycles. The van der Waals surface area contributed by atoms with Crippen molar-refractivity contribution in [1.82, 2.24) is 4.90 Å². The highest BCUT2D eigenvalue weighted by Gasteiger charge is 2.31. The predicted octanol–water partition coefficient (Wildman–Crippen LogP) is 1.72. The number of aliphatic hydroxyl groups is 1. The monoisotopic (exact) mass is 282 g/mol. The topological polar surface area (TPSA) is 83.7 Å². The van der Waals surface area contributed by atoms with Crippen molar-refractivity contribution >= 4 is 11.6 Å². The Morgan fingerprint density at radius 1 is 1.45 bits per heavy atom. The van der Waals surface area contributed by atoms with Crippen molar-refractivity contribution in [2.24, 2.45) is 0 Å². The average molecular weight is 282 g/mol. The summed E-state index contributed by atoms with van der Waals surface area (Å²) in [5.41, 5.74) is -1.37. The van der Waals surface area contributed by atoms with Gasteiger partial charge in [0.1, 0.15) is 5.82 Å². The van der Waals surface area contributed by atoms with Gasteiger partial charge < -0.3 is 10.0 Å². The predicted molar refractivity (Wildman–Crippen MR) is 68.8 cm³/mol. The summed E-state index contributed by atoms with van der Waals surface area (Å²) in [6, 6.07) is 2.98. The van der Waals surface area contributed by atoms with Crippen LogP contribution in [0.3, 0.4) is 0 Å². The molecule has 0 bridgehead atoms. The molecule has 0 saturated carbocycles. The lowest BCUT2D eigenvalue weighted by Crippen LogP contribution is -2.45. The third-order valence-corrected chi connectivity index (χ3v) is 3.52. The van der Waals surface area contributed by atoms with Crippen molar-refractivity contribution in [2.45, 2.75) is 25.4 Å². The van der Waals surface area contributed by atoms with E-state index in [1.54, 1.807) is 6.92 Å². The van der Waals surface area contributed by atoms with Gasteiger partial charge in [0.25, 0.3) is 11.6 Å². The summed E-state index contributed by atoms with van der Waals surface area (Å²) in [4.78, 5) is 23.4.